The summed E-state index contributed by atoms with van der Waals surface area (Å²) in [6, 6.07) is 0. The summed E-state index contributed by atoms with van der Waals surface area (Å²) in [5.41, 5.74) is 3.34. The monoisotopic (exact) mass is 150 g/mol. The van der Waals surface area contributed by atoms with E-state index in [1.807, 2.05) is 0 Å². The molecule has 0 aliphatic heterocycles. The highest BCUT2D eigenvalue weighted by Crippen LogP contribution is 2.43. The maximum atomic E-state index is 10.3. The molecular formula is C10H14O. The summed E-state index contributed by atoms with van der Waals surface area (Å²) in [6.07, 6.45) is 8.35. The Balaban J connectivity index is 2.09. The van der Waals surface area contributed by atoms with Gasteiger partial charge in [0.1, 0.15) is 6.29 Å². The van der Waals surface area contributed by atoms with Gasteiger partial charge in [0, 0.05) is 6.42 Å². The van der Waals surface area contributed by atoms with Crippen LogP contribution in [0.3, 0.4) is 0 Å². The van der Waals surface area contributed by atoms with E-state index in [0.717, 1.165) is 12.7 Å². The second-order valence-corrected chi connectivity index (χ2v) is 3.62. The van der Waals surface area contributed by atoms with Gasteiger partial charge in [0.15, 0.2) is 0 Å². The fraction of sp³-hybridized carbons (Fsp3) is 0.700. The molecule has 0 heterocycles. The quantitative estimate of drug-likeness (QED) is 0.436. The molecule has 0 fully saturated rings. The van der Waals surface area contributed by atoms with Crippen molar-refractivity contribution < 1.29 is 4.79 Å². The molecule has 0 saturated carbocycles. The van der Waals surface area contributed by atoms with E-state index in [0.29, 0.717) is 5.92 Å². The fourth-order valence-corrected chi connectivity index (χ4v) is 2.51. The van der Waals surface area contributed by atoms with Gasteiger partial charge in [-0.15, -0.1) is 0 Å². The highest BCUT2D eigenvalue weighted by atomic mass is 16.1. The third-order valence-electron chi connectivity index (χ3n) is 3.05. The fourth-order valence-electron chi connectivity index (χ4n) is 2.51. The van der Waals surface area contributed by atoms with Crippen LogP contribution in [0, 0.1) is 5.92 Å². The zero-order chi connectivity index (χ0) is 7.68. The number of rotatable bonds is 2. The molecule has 60 valence electrons. The maximum Gasteiger partial charge on any atom is 0.120 e. The van der Waals surface area contributed by atoms with Crippen LogP contribution in [0.2, 0.25) is 0 Å². The minimum absolute atomic E-state index is 0.644. The van der Waals surface area contributed by atoms with Crippen LogP contribution < -0.4 is 0 Å². The number of hydrogen-bond acceptors (Lipinski definition) is 1. The van der Waals surface area contributed by atoms with Gasteiger partial charge in [-0.3, -0.25) is 0 Å². The molecule has 0 amide bonds. The van der Waals surface area contributed by atoms with E-state index < -0.39 is 0 Å². The van der Waals surface area contributed by atoms with E-state index in [4.69, 9.17) is 0 Å². The molecule has 0 spiro atoms. The van der Waals surface area contributed by atoms with Crippen molar-refractivity contribution in [2.75, 3.05) is 0 Å². The highest BCUT2D eigenvalue weighted by Gasteiger charge is 2.27. The van der Waals surface area contributed by atoms with E-state index in [9.17, 15) is 4.79 Å². The summed E-state index contributed by atoms with van der Waals surface area (Å²) in [5, 5.41) is 0. The SMILES string of the molecule is O=CCC1CCC2=C1CCC2. The van der Waals surface area contributed by atoms with Crippen molar-refractivity contribution in [3.8, 4) is 0 Å². The Kier molecular flexibility index (Phi) is 1.80. The van der Waals surface area contributed by atoms with Gasteiger partial charge in [-0.1, -0.05) is 11.1 Å². The number of aldehydes is 1. The lowest BCUT2D eigenvalue weighted by atomic mass is 9.97. The molecule has 0 bridgehead atoms. The Labute approximate surface area is 67.5 Å². The Morgan fingerprint density at radius 3 is 3.09 bits per heavy atom. The van der Waals surface area contributed by atoms with Crippen LogP contribution in [0.25, 0.3) is 0 Å². The van der Waals surface area contributed by atoms with Gasteiger partial charge in [-0.25, -0.2) is 0 Å². The molecule has 0 saturated heterocycles. The standard InChI is InChI=1S/C10H14O/c11-7-6-9-5-4-8-2-1-3-10(8)9/h7,9H,1-6H2. The van der Waals surface area contributed by atoms with Gasteiger partial charge in [0.25, 0.3) is 0 Å². The summed E-state index contributed by atoms with van der Waals surface area (Å²) in [4.78, 5) is 10.3. The third kappa shape index (κ3) is 1.13. The summed E-state index contributed by atoms with van der Waals surface area (Å²) in [6.45, 7) is 0. The lowest BCUT2D eigenvalue weighted by Crippen LogP contribution is -1.98. The first-order chi connectivity index (χ1) is 5.42. The van der Waals surface area contributed by atoms with Gasteiger partial charge >= 0.3 is 0 Å². The summed E-state index contributed by atoms with van der Waals surface area (Å²) >= 11 is 0. The molecule has 1 unspecified atom stereocenters. The van der Waals surface area contributed by atoms with Crippen molar-refractivity contribution in [3.63, 3.8) is 0 Å². The molecule has 0 aromatic heterocycles. The van der Waals surface area contributed by atoms with Crippen LogP contribution in [0.15, 0.2) is 11.1 Å². The van der Waals surface area contributed by atoms with Gasteiger partial charge in [0.2, 0.25) is 0 Å². The van der Waals surface area contributed by atoms with E-state index in [1.54, 1.807) is 11.1 Å². The number of allylic oxidation sites excluding steroid dienone is 2. The largest absolute Gasteiger partial charge is 0.303 e. The number of hydrogen-bond donors (Lipinski definition) is 0. The van der Waals surface area contributed by atoms with Crippen molar-refractivity contribution in [2.24, 2.45) is 5.92 Å². The smallest absolute Gasteiger partial charge is 0.120 e. The first kappa shape index (κ1) is 7.08. The van der Waals surface area contributed by atoms with Crippen molar-refractivity contribution in [1.29, 1.82) is 0 Å². The summed E-state index contributed by atoms with van der Waals surface area (Å²) < 4.78 is 0. The van der Waals surface area contributed by atoms with Crippen molar-refractivity contribution in [1.82, 2.24) is 0 Å². The van der Waals surface area contributed by atoms with Crippen molar-refractivity contribution >= 4 is 6.29 Å². The second-order valence-electron chi connectivity index (χ2n) is 3.62. The minimum atomic E-state index is 0.644. The molecular weight excluding hydrogens is 136 g/mol. The van der Waals surface area contributed by atoms with Crippen LogP contribution in [0.4, 0.5) is 0 Å². The topological polar surface area (TPSA) is 17.1 Å². The van der Waals surface area contributed by atoms with Crippen molar-refractivity contribution in [2.45, 2.75) is 38.5 Å². The molecule has 2 aliphatic rings. The minimum Gasteiger partial charge on any atom is -0.303 e. The molecule has 0 N–H and O–H groups in total. The molecule has 2 rings (SSSR count). The predicted octanol–water partition coefficient (Wildman–Crippen LogP) is 2.47. The number of carbonyl (C=O) groups is 1. The van der Waals surface area contributed by atoms with E-state index in [1.165, 1.54) is 32.1 Å². The summed E-state index contributed by atoms with van der Waals surface area (Å²) in [7, 11) is 0. The first-order valence-corrected chi connectivity index (χ1v) is 4.56. The molecule has 1 heteroatoms. The van der Waals surface area contributed by atoms with E-state index >= 15 is 0 Å². The maximum absolute atomic E-state index is 10.3. The lowest BCUT2D eigenvalue weighted by molar-refractivity contribution is -0.108. The van der Waals surface area contributed by atoms with Crippen LogP contribution in [0.5, 0.6) is 0 Å². The molecule has 11 heavy (non-hydrogen) atoms. The average Bonchev–Trinajstić information content (AvgIpc) is 2.53. The van der Waals surface area contributed by atoms with E-state index in [-0.39, 0.29) is 0 Å². The summed E-state index contributed by atoms with van der Waals surface area (Å²) in [5.74, 6) is 0.644. The molecule has 1 nitrogen and oxygen atoms in total. The molecule has 1 atom stereocenters. The van der Waals surface area contributed by atoms with Crippen LogP contribution in [-0.2, 0) is 4.79 Å². The third-order valence-corrected chi connectivity index (χ3v) is 3.05. The van der Waals surface area contributed by atoms with Crippen LogP contribution in [0.1, 0.15) is 38.5 Å². The second kappa shape index (κ2) is 2.80. The zero-order valence-corrected chi connectivity index (χ0v) is 6.81. The zero-order valence-electron chi connectivity index (χ0n) is 6.81. The Hall–Kier alpha value is -0.590. The van der Waals surface area contributed by atoms with Crippen LogP contribution in [-0.4, -0.2) is 6.29 Å². The molecule has 0 radical (unpaired) electrons. The molecule has 0 aromatic carbocycles. The predicted molar refractivity (Wildman–Crippen MR) is 44.3 cm³/mol. The number of carbonyl (C=O) groups excluding carboxylic acids is 1. The van der Waals surface area contributed by atoms with Gasteiger partial charge in [0.05, 0.1) is 0 Å². The van der Waals surface area contributed by atoms with Gasteiger partial charge < -0.3 is 4.79 Å². The van der Waals surface area contributed by atoms with Gasteiger partial charge in [-0.2, -0.15) is 0 Å². The Morgan fingerprint density at radius 2 is 2.27 bits per heavy atom. The first-order valence-electron chi connectivity index (χ1n) is 4.56. The molecule has 2 aliphatic carbocycles. The van der Waals surface area contributed by atoms with Crippen molar-refractivity contribution in [3.05, 3.63) is 11.1 Å². The Bertz CT molecular complexity index is 203. The normalized spacial score (nSPS) is 29.3. The van der Waals surface area contributed by atoms with E-state index in [2.05, 4.69) is 0 Å². The van der Waals surface area contributed by atoms with Crippen LogP contribution >= 0.6 is 0 Å². The Morgan fingerprint density at radius 1 is 1.36 bits per heavy atom. The molecule has 0 aromatic rings. The highest BCUT2D eigenvalue weighted by molar-refractivity contribution is 5.51. The average molecular weight is 150 g/mol. The lowest BCUT2D eigenvalue weighted by Gasteiger charge is -2.08. The van der Waals surface area contributed by atoms with Gasteiger partial charge in [-0.05, 0) is 38.0 Å².